The highest BCUT2D eigenvalue weighted by Crippen LogP contribution is 2.17. The van der Waals surface area contributed by atoms with Crippen molar-refractivity contribution in [3.8, 4) is 0 Å². The van der Waals surface area contributed by atoms with Crippen LogP contribution in [0.2, 0.25) is 0 Å². The van der Waals surface area contributed by atoms with Crippen molar-refractivity contribution in [3.05, 3.63) is 16.4 Å². The fraction of sp³-hybridized carbons (Fsp3) is 0.556. The number of aliphatic hydroxyl groups excluding tert-OH is 1. The summed E-state index contributed by atoms with van der Waals surface area (Å²) in [5, 5.41) is 15.3. The third kappa shape index (κ3) is 4.01. The van der Waals surface area contributed by atoms with Gasteiger partial charge in [0.05, 0.1) is 0 Å². The predicted octanol–water partition coefficient (Wildman–Crippen LogP) is 1.03. The molecule has 0 aliphatic rings. The van der Waals surface area contributed by atoms with Gasteiger partial charge in [0, 0.05) is 24.8 Å². The molecule has 0 aromatic carbocycles. The second kappa shape index (κ2) is 6.58. The van der Waals surface area contributed by atoms with Gasteiger partial charge in [-0.15, -0.1) is 0 Å². The van der Waals surface area contributed by atoms with E-state index in [0.717, 1.165) is 10.2 Å². The molecule has 1 atom stereocenters. The molecule has 0 fully saturated rings. The molecule has 1 rings (SSSR count). The number of aromatic nitrogens is 2. The van der Waals surface area contributed by atoms with Crippen molar-refractivity contribution in [2.75, 3.05) is 6.61 Å². The summed E-state index contributed by atoms with van der Waals surface area (Å²) in [4.78, 5) is 10.3. The monoisotopic (exact) mass is 276 g/mol. The summed E-state index contributed by atoms with van der Waals surface area (Å²) in [6.45, 7) is 0.543. The van der Waals surface area contributed by atoms with Crippen molar-refractivity contribution in [3.63, 3.8) is 0 Å². The number of halogens is 1. The molecule has 2 N–H and O–H groups in total. The van der Waals surface area contributed by atoms with Gasteiger partial charge < -0.3 is 9.84 Å². The molecule has 0 amide bonds. The van der Waals surface area contributed by atoms with Gasteiger partial charge in [0.25, 0.3) is 6.47 Å². The zero-order valence-electron chi connectivity index (χ0n) is 8.15. The number of H-pyrrole nitrogens is 1. The molecule has 1 heterocycles. The van der Waals surface area contributed by atoms with E-state index in [2.05, 4.69) is 26.1 Å². The van der Waals surface area contributed by atoms with Gasteiger partial charge in [-0.1, -0.05) is 0 Å². The topological polar surface area (TPSA) is 75.2 Å². The van der Waals surface area contributed by atoms with E-state index in [1.54, 1.807) is 6.20 Å². The zero-order valence-corrected chi connectivity index (χ0v) is 9.74. The van der Waals surface area contributed by atoms with Crippen LogP contribution in [0.1, 0.15) is 18.4 Å². The number of rotatable bonds is 7. The molecule has 1 aromatic rings. The van der Waals surface area contributed by atoms with Crippen LogP contribution in [0.25, 0.3) is 0 Å². The van der Waals surface area contributed by atoms with Gasteiger partial charge in [0.2, 0.25) is 0 Å². The highest BCUT2D eigenvalue weighted by Gasteiger charge is 2.13. The Hall–Kier alpha value is -0.880. The van der Waals surface area contributed by atoms with Crippen LogP contribution in [0, 0.1) is 0 Å². The molecule has 1 aromatic heterocycles. The molecule has 15 heavy (non-hydrogen) atoms. The number of nitrogens with zero attached hydrogens (tertiary/aromatic N) is 1. The molecule has 0 aliphatic heterocycles. The van der Waals surface area contributed by atoms with E-state index in [9.17, 15) is 4.79 Å². The average Bonchev–Trinajstić information content (AvgIpc) is 2.61. The Kier molecular flexibility index (Phi) is 5.34. The lowest BCUT2D eigenvalue weighted by Gasteiger charge is -2.13. The molecule has 6 heteroatoms. The number of aliphatic hydroxyl groups is 1. The first kappa shape index (κ1) is 12.2. The second-order valence-corrected chi connectivity index (χ2v) is 3.88. The maximum absolute atomic E-state index is 10.3. The van der Waals surface area contributed by atoms with Crippen LogP contribution in [0.15, 0.2) is 10.8 Å². The molecule has 0 aliphatic carbocycles. The molecular weight excluding hydrogens is 264 g/mol. The fourth-order valence-electron chi connectivity index (χ4n) is 1.30. The van der Waals surface area contributed by atoms with Gasteiger partial charge in [0.15, 0.2) is 0 Å². The highest BCUT2D eigenvalue weighted by molar-refractivity contribution is 9.10. The largest absolute Gasteiger partial charge is 0.464 e. The molecule has 0 spiro atoms. The second-order valence-electron chi connectivity index (χ2n) is 3.13. The first-order chi connectivity index (χ1) is 7.27. The number of hydrogen-bond donors (Lipinski definition) is 2. The Labute approximate surface area is 96.0 Å². The molecular formula is C9H13BrN2O3. The number of nitrogens with one attached hydrogen (secondary N) is 1. The van der Waals surface area contributed by atoms with E-state index < -0.39 is 0 Å². The van der Waals surface area contributed by atoms with Crippen molar-refractivity contribution >= 4 is 22.4 Å². The van der Waals surface area contributed by atoms with Crippen LogP contribution in [-0.2, 0) is 16.0 Å². The van der Waals surface area contributed by atoms with Gasteiger partial charge in [-0.05, 0) is 28.8 Å². The summed E-state index contributed by atoms with van der Waals surface area (Å²) in [6, 6.07) is 0. The van der Waals surface area contributed by atoms with Crippen molar-refractivity contribution in [2.45, 2.75) is 25.4 Å². The van der Waals surface area contributed by atoms with E-state index in [1.807, 2.05) is 0 Å². The SMILES string of the molecule is O=COC(CCCO)Cc1c[nH]nc1Br. The first-order valence-electron chi connectivity index (χ1n) is 4.66. The molecule has 84 valence electrons. The lowest BCUT2D eigenvalue weighted by Crippen LogP contribution is -2.16. The lowest BCUT2D eigenvalue weighted by molar-refractivity contribution is -0.133. The lowest BCUT2D eigenvalue weighted by atomic mass is 10.1. The summed E-state index contributed by atoms with van der Waals surface area (Å²) in [6.07, 6.45) is 3.41. The Morgan fingerprint density at radius 1 is 1.73 bits per heavy atom. The van der Waals surface area contributed by atoms with Crippen LogP contribution in [0.4, 0.5) is 0 Å². The minimum atomic E-state index is -0.205. The summed E-state index contributed by atoms with van der Waals surface area (Å²) in [5.74, 6) is 0. The van der Waals surface area contributed by atoms with E-state index in [1.165, 1.54) is 0 Å². The highest BCUT2D eigenvalue weighted by atomic mass is 79.9. The van der Waals surface area contributed by atoms with Crippen molar-refractivity contribution in [1.29, 1.82) is 0 Å². The van der Waals surface area contributed by atoms with Gasteiger partial charge in [-0.25, -0.2) is 0 Å². The Morgan fingerprint density at radius 2 is 2.53 bits per heavy atom. The van der Waals surface area contributed by atoms with E-state index in [4.69, 9.17) is 9.84 Å². The summed E-state index contributed by atoms with van der Waals surface area (Å²) >= 11 is 3.28. The predicted molar refractivity (Wildman–Crippen MR) is 57.2 cm³/mol. The third-order valence-electron chi connectivity index (χ3n) is 2.05. The number of carbonyl (C=O) groups is 1. The van der Waals surface area contributed by atoms with Crippen molar-refractivity contribution < 1.29 is 14.6 Å². The molecule has 0 bridgehead atoms. The minimum Gasteiger partial charge on any atom is -0.464 e. The molecule has 0 saturated carbocycles. The molecule has 0 radical (unpaired) electrons. The average molecular weight is 277 g/mol. The van der Waals surface area contributed by atoms with Crippen LogP contribution >= 0.6 is 15.9 Å². The Morgan fingerprint density at radius 3 is 3.07 bits per heavy atom. The van der Waals surface area contributed by atoms with Crippen LogP contribution in [-0.4, -0.2) is 34.5 Å². The summed E-state index contributed by atoms with van der Waals surface area (Å²) < 4.78 is 5.65. The number of aromatic amines is 1. The van der Waals surface area contributed by atoms with E-state index in [-0.39, 0.29) is 12.7 Å². The summed E-state index contributed by atoms with van der Waals surface area (Å²) in [5.41, 5.74) is 0.958. The Balaban J connectivity index is 2.50. The van der Waals surface area contributed by atoms with Crippen molar-refractivity contribution in [1.82, 2.24) is 10.2 Å². The number of ether oxygens (including phenoxy) is 1. The maximum Gasteiger partial charge on any atom is 0.293 e. The van der Waals surface area contributed by atoms with Gasteiger partial charge in [-0.2, -0.15) is 5.10 Å². The van der Waals surface area contributed by atoms with Gasteiger partial charge >= 0.3 is 0 Å². The van der Waals surface area contributed by atoms with Crippen LogP contribution in [0.3, 0.4) is 0 Å². The smallest absolute Gasteiger partial charge is 0.293 e. The third-order valence-corrected chi connectivity index (χ3v) is 2.73. The zero-order chi connectivity index (χ0) is 11.1. The molecule has 0 saturated heterocycles. The Bertz CT molecular complexity index is 303. The van der Waals surface area contributed by atoms with E-state index >= 15 is 0 Å². The fourth-order valence-corrected chi connectivity index (χ4v) is 1.68. The van der Waals surface area contributed by atoms with Crippen LogP contribution < -0.4 is 0 Å². The van der Waals surface area contributed by atoms with E-state index in [0.29, 0.717) is 25.7 Å². The van der Waals surface area contributed by atoms with Gasteiger partial charge in [-0.3, -0.25) is 9.89 Å². The molecule has 5 nitrogen and oxygen atoms in total. The summed E-state index contributed by atoms with van der Waals surface area (Å²) in [7, 11) is 0. The number of carbonyl (C=O) groups excluding carboxylic acids is 1. The first-order valence-corrected chi connectivity index (χ1v) is 5.45. The normalized spacial score (nSPS) is 12.4. The van der Waals surface area contributed by atoms with Crippen molar-refractivity contribution in [2.24, 2.45) is 0 Å². The maximum atomic E-state index is 10.3. The van der Waals surface area contributed by atoms with Gasteiger partial charge in [0.1, 0.15) is 10.7 Å². The van der Waals surface area contributed by atoms with Crippen LogP contribution in [0.5, 0.6) is 0 Å². The minimum absolute atomic E-state index is 0.102. The quantitative estimate of drug-likeness (QED) is 0.730. The molecule has 1 unspecified atom stereocenters. The number of hydrogen-bond acceptors (Lipinski definition) is 4. The standard InChI is InChI=1S/C9H13BrN2O3/c10-9-7(5-11-12-9)4-8(15-6-14)2-1-3-13/h5-6,8,13H,1-4H2,(H,11,12).